The van der Waals surface area contributed by atoms with Crippen LogP contribution in [0.2, 0.25) is 0 Å². The highest BCUT2D eigenvalue weighted by molar-refractivity contribution is 9.10. The number of hydrogen-bond acceptors (Lipinski definition) is 3. The van der Waals surface area contributed by atoms with E-state index in [2.05, 4.69) is 38.8 Å². The van der Waals surface area contributed by atoms with Gasteiger partial charge in [0, 0.05) is 41.2 Å². The molecular formula is C16H19BrN2O. The normalized spacial score (nSPS) is 12.2. The molecule has 20 heavy (non-hydrogen) atoms. The van der Waals surface area contributed by atoms with E-state index in [4.69, 9.17) is 0 Å². The minimum Gasteiger partial charge on any atom is -0.389 e. The zero-order chi connectivity index (χ0) is 14.5. The Kier molecular flexibility index (Phi) is 5.15. The van der Waals surface area contributed by atoms with Gasteiger partial charge in [-0.3, -0.25) is 4.98 Å². The second kappa shape index (κ2) is 6.86. The van der Waals surface area contributed by atoms with Gasteiger partial charge >= 0.3 is 0 Å². The molecule has 0 radical (unpaired) electrons. The lowest BCUT2D eigenvalue weighted by Gasteiger charge is -2.27. The van der Waals surface area contributed by atoms with Gasteiger partial charge in [-0.05, 0) is 43.7 Å². The molecule has 0 saturated heterocycles. The summed E-state index contributed by atoms with van der Waals surface area (Å²) in [7, 11) is 0. The fraction of sp³-hybridized carbons (Fsp3) is 0.312. The quantitative estimate of drug-likeness (QED) is 0.900. The van der Waals surface area contributed by atoms with Gasteiger partial charge in [0.1, 0.15) is 0 Å². The Morgan fingerprint density at radius 3 is 2.55 bits per heavy atom. The van der Waals surface area contributed by atoms with Crippen LogP contribution >= 0.6 is 15.9 Å². The SMILES string of the molecule is CCN(Cc1ccncc1)c1cc(Br)ccc1C(C)O. The van der Waals surface area contributed by atoms with Crippen molar-refractivity contribution in [3.05, 3.63) is 58.3 Å². The van der Waals surface area contributed by atoms with Gasteiger partial charge in [-0.1, -0.05) is 22.0 Å². The maximum absolute atomic E-state index is 9.95. The van der Waals surface area contributed by atoms with Crippen molar-refractivity contribution < 1.29 is 5.11 Å². The van der Waals surface area contributed by atoms with Crippen molar-refractivity contribution in [1.29, 1.82) is 0 Å². The van der Waals surface area contributed by atoms with Crippen molar-refractivity contribution in [2.24, 2.45) is 0 Å². The largest absolute Gasteiger partial charge is 0.389 e. The molecule has 3 nitrogen and oxygen atoms in total. The Morgan fingerprint density at radius 2 is 1.95 bits per heavy atom. The average Bonchev–Trinajstić information content (AvgIpc) is 2.45. The van der Waals surface area contributed by atoms with Gasteiger partial charge in [-0.25, -0.2) is 0 Å². The first-order valence-electron chi connectivity index (χ1n) is 6.73. The molecule has 1 unspecified atom stereocenters. The first-order valence-corrected chi connectivity index (χ1v) is 7.52. The summed E-state index contributed by atoms with van der Waals surface area (Å²) in [4.78, 5) is 6.30. The highest BCUT2D eigenvalue weighted by Crippen LogP contribution is 2.30. The number of pyridine rings is 1. The van der Waals surface area contributed by atoms with Crippen LogP contribution in [0, 0.1) is 0 Å². The second-order valence-corrected chi connectivity index (χ2v) is 5.66. The number of hydrogen-bond donors (Lipinski definition) is 1. The number of aliphatic hydroxyl groups is 1. The Morgan fingerprint density at radius 1 is 1.25 bits per heavy atom. The third-order valence-corrected chi connectivity index (χ3v) is 3.78. The Labute approximate surface area is 128 Å². The summed E-state index contributed by atoms with van der Waals surface area (Å²) in [5, 5.41) is 9.95. The smallest absolute Gasteiger partial charge is 0.0782 e. The standard InChI is InChI=1S/C16H19BrN2O/c1-3-19(11-13-6-8-18-9-7-13)16-10-14(17)4-5-15(16)12(2)20/h4-10,12,20H,3,11H2,1-2H3. The number of anilines is 1. The molecule has 1 N–H and O–H groups in total. The zero-order valence-corrected chi connectivity index (χ0v) is 13.3. The van der Waals surface area contributed by atoms with Crippen LogP contribution in [0.4, 0.5) is 5.69 Å². The molecule has 0 amide bonds. The van der Waals surface area contributed by atoms with E-state index in [9.17, 15) is 5.11 Å². The van der Waals surface area contributed by atoms with Crippen molar-refractivity contribution in [3.63, 3.8) is 0 Å². The van der Waals surface area contributed by atoms with E-state index < -0.39 is 6.10 Å². The highest BCUT2D eigenvalue weighted by atomic mass is 79.9. The number of benzene rings is 1. The minimum absolute atomic E-state index is 0.482. The first-order chi connectivity index (χ1) is 9.61. The topological polar surface area (TPSA) is 36.4 Å². The van der Waals surface area contributed by atoms with Gasteiger partial charge in [-0.15, -0.1) is 0 Å². The van der Waals surface area contributed by atoms with E-state index in [0.29, 0.717) is 0 Å². The van der Waals surface area contributed by atoms with Crippen LogP contribution in [0.1, 0.15) is 31.1 Å². The van der Waals surface area contributed by atoms with Crippen LogP contribution in [0.25, 0.3) is 0 Å². The molecule has 1 aromatic carbocycles. The summed E-state index contributed by atoms with van der Waals surface area (Å²) < 4.78 is 1.02. The molecule has 106 valence electrons. The number of nitrogens with zero attached hydrogens (tertiary/aromatic N) is 2. The molecule has 1 atom stereocenters. The number of aliphatic hydroxyl groups excluding tert-OH is 1. The van der Waals surface area contributed by atoms with E-state index in [1.54, 1.807) is 19.3 Å². The first kappa shape index (κ1) is 15.0. The molecule has 0 aliphatic heterocycles. The molecule has 1 aromatic heterocycles. The Bertz CT molecular complexity index is 558. The van der Waals surface area contributed by atoms with Crippen LogP contribution in [-0.2, 0) is 6.54 Å². The van der Waals surface area contributed by atoms with E-state index in [0.717, 1.165) is 28.8 Å². The van der Waals surface area contributed by atoms with Crippen molar-refractivity contribution in [2.45, 2.75) is 26.5 Å². The van der Waals surface area contributed by atoms with Gasteiger partial charge in [0.15, 0.2) is 0 Å². The summed E-state index contributed by atoms with van der Waals surface area (Å²) in [6.45, 7) is 5.59. The third-order valence-electron chi connectivity index (χ3n) is 3.29. The summed E-state index contributed by atoms with van der Waals surface area (Å²) in [6.07, 6.45) is 3.13. The van der Waals surface area contributed by atoms with E-state index in [1.165, 1.54) is 5.56 Å². The van der Waals surface area contributed by atoms with E-state index in [-0.39, 0.29) is 0 Å². The molecule has 0 aliphatic rings. The molecule has 0 spiro atoms. The predicted octanol–water partition coefficient (Wildman–Crippen LogP) is 3.92. The molecule has 0 fully saturated rings. The summed E-state index contributed by atoms with van der Waals surface area (Å²) >= 11 is 3.51. The Balaban J connectivity index is 2.34. The molecule has 0 bridgehead atoms. The van der Waals surface area contributed by atoms with Crippen molar-refractivity contribution in [1.82, 2.24) is 4.98 Å². The van der Waals surface area contributed by atoms with E-state index in [1.807, 2.05) is 24.3 Å². The second-order valence-electron chi connectivity index (χ2n) is 4.75. The minimum atomic E-state index is -0.482. The molecular weight excluding hydrogens is 316 g/mol. The van der Waals surface area contributed by atoms with Crippen molar-refractivity contribution in [2.75, 3.05) is 11.4 Å². The number of rotatable bonds is 5. The Hall–Kier alpha value is -1.39. The van der Waals surface area contributed by atoms with Crippen molar-refractivity contribution in [3.8, 4) is 0 Å². The third kappa shape index (κ3) is 3.58. The van der Waals surface area contributed by atoms with Crippen molar-refractivity contribution >= 4 is 21.6 Å². The molecule has 0 aliphatic carbocycles. The molecule has 1 heterocycles. The van der Waals surface area contributed by atoms with Crippen LogP contribution in [0.3, 0.4) is 0 Å². The number of aromatic nitrogens is 1. The molecule has 2 aromatic rings. The fourth-order valence-corrected chi connectivity index (χ4v) is 2.57. The summed E-state index contributed by atoms with van der Waals surface area (Å²) in [5.74, 6) is 0. The zero-order valence-electron chi connectivity index (χ0n) is 11.8. The lowest BCUT2D eigenvalue weighted by molar-refractivity contribution is 0.199. The van der Waals surface area contributed by atoms with Crippen LogP contribution in [-0.4, -0.2) is 16.6 Å². The summed E-state index contributed by atoms with van der Waals surface area (Å²) in [5.41, 5.74) is 3.22. The maximum atomic E-state index is 9.95. The lowest BCUT2D eigenvalue weighted by Crippen LogP contribution is -2.23. The van der Waals surface area contributed by atoms with Crippen LogP contribution in [0.5, 0.6) is 0 Å². The predicted molar refractivity (Wildman–Crippen MR) is 85.7 cm³/mol. The van der Waals surface area contributed by atoms with Gasteiger partial charge < -0.3 is 10.0 Å². The van der Waals surface area contributed by atoms with Gasteiger partial charge in [0.25, 0.3) is 0 Å². The molecule has 2 rings (SSSR count). The average molecular weight is 335 g/mol. The summed E-state index contributed by atoms with van der Waals surface area (Å²) in [6, 6.07) is 10.0. The van der Waals surface area contributed by atoms with Crippen LogP contribution < -0.4 is 4.90 Å². The van der Waals surface area contributed by atoms with Gasteiger partial charge in [0.2, 0.25) is 0 Å². The monoisotopic (exact) mass is 334 g/mol. The fourth-order valence-electron chi connectivity index (χ4n) is 2.22. The lowest BCUT2D eigenvalue weighted by atomic mass is 10.1. The van der Waals surface area contributed by atoms with Gasteiger partial charge in [-0.2, -0.15) is 0 Å². The van der Waals surface area contributed by atoms with Crippen LogP contribution in [0.15, 0.2) is 47.2 Å². The highest BCUT2D eigenvalue weighted by Gasteiger charge is 2.14. The van der Waals surface area contributed by atoms with Gasteiger partial charge in [0.05, 0.1) is 6.10 Å². The number of halogens is 1. The molecule has 0 saturated carbocycles. The maximum Gasteiger partial charge on any atom is 0.0782 e. The van der Waals surface area contributed by atoms with E-state index >= 15 is 0 Å². The molecule has 4 heteroatoms.